The highest BCUT2D eigenvalue weighted by atomic mass is 16.4. The van der Waals surface area contributed by atoms with Crippen molar-refractivity contribution in [1.29, 1.82) is 0 Å². The van der Waals surface area contributed by atoms with Crippen LogP contribution in [0.3, 0.4) is 0 Å². The Hall–Kier alpha value is -2.04. The topological polar surface area (TPSA) is 76.5 Å². The van der Waals surface area contributed by atoms with Gasteiger partial charge in [-0.1, -0.05) is 0 Å². The molecule has 0 bridgehead atoms. The van der Waals surface area contributed by atoms with Crippen LogP contribution in [0.25, 0.3) is 0 Å². The zero-order chi connectivity index (χ0) is 10.7. The smallest absolute Gasteiger partial charge is 0.312 e. The zero-order valence-electron chi connectivity index (χ0n) is 7.84. The number of carbonyl (C=O) groups is 1. The largest absolute Gasteiger partial charge is 0.481 e. The Kier molecular flexibility index (Phi) is 2.53. The SMILES string of the molecule is O=C(O)Cc1ncc(Cc2ccco2)o1. The van der Waals surface area contributed by atoms with E-state index in [4.69, 9.17) is 13.9 Å². The molecule has 1 N–H and O–H groups in total. The predicted molar refractivity (Wildman–Crippen MR) is 49.4 cm³/mol. The third-order valence-electron chi connectivity index (χ3n) is 1.83. The Morgan fingerprint density at radius 3 is 3.00 bits per heavy atom. The average molecular weight is 207 g/mol. The maximum Gasteiger partial charge on any atom is 0.312 e. The molecule has 0 saturated carbocycles. The van der Waals surface area contributed by atoms with Crippen LogP contribution in [0.4, 0.5) is 0 Å². The highest BCUT2D eigenvalue weighted by Crippen LogP contribution is 2.11. The Balaban J connectivity index is 2.04. The van der Waals surface area contributed by atoms with Gasteiger partial charge in [0.2, 0.25) is 5.89 Å². The van der Waals surface area contributed by atoms with E-state index in [0.717, 1.165) is 5.76 Å². The predicted octanol–water partition coefficient (Wildman–Crippen LogP) is 1.49. The fraction of sp³-hybridized carbons (Fsp3) is 0.200. The summed E-state index contributed by atoms with van der Waals surface area (Å²) in [5.41, 5.74) is 0. The van der Waals surface area contributed by atoms with Crippen LogP contribution >= 0.6 is 0 Å². The molecule has 0 saturated heterocycles. The van der Waals surface area contributed by atoms with Crippen LogP contribution in [0.1, 0.15) is 17.4 Å². The molecule has 0 aromatic carbocycles. The van der Waals surface area contributed by atoms with Gasteiger partial charge in [0.25, 0.3) is 0 Å². The molecule has 2 rings (SSSR count). The van der Waals surface area contributed by atoms with Gasteiger partial charge in [0.05, 0.1) is 18.9 Å². The van der Waals surface area contributed by atoms with Crippen molar-refractivity contribution in [1.82, 2.24) is 4.98 Å². The molecule has 0 aliphatic carbocycles. The molecule has 2 aromatic heterocycles. The maximum absolute atomic E-state index is 10.4. The molecule has 78 valence electrons. The van der Waals surface area contributed by atoms with Gasteiger partial charge in [-0.15, -0.1) is 0 Å². The number of aliphatic carboxylic acids is 1. The Morgan fingerprint density at radius 2 is 2.33 bits per heavy atom. The maximum atomic E-state index is 10.4. The van der Waals surface area contributed by atoms with Crippen molar-refractivity contribution in [3.05, 3.63) is 42.0 Å². The van der Waals surface area contributed by atoms with Crippen LogP contribution in [0.15, 0.2) is 33.4 Å². The number of aromatic nitrogens is 1. The van der Waals surface area contributed by atoms with E-state index in [1.807, 2.05) is 6.07 Å². The van der Waals surface area contributed by atoms with Gasteiger partial charge in [-0.25, -0.2) is 4.98 Å². The first-order valence-electron chi connectivity index (χ1n) is 4.42. The summed E-state index contributed by atoms with van der Waals surface area (Å²) in [6.45, 7) is 0. The molecule has 2 aromatic rings. The lowest BCUT2D eigenvalue weighted by molar-refractivity contribution is -0.136. The van der Waals surface area contributed by atoms with Crippen molar-refractivity contribution in [2.24, 2.45) is 0 Å². The van der Waals surface area contributed by atoms with Gasteiger partial charge in [-0.2, -0.15) is 0 Å². The number of carboxylic acids is 1. The summed E-state index contributed by atoms with van der Waals surface area (Å²) in [5, 5.41) is 8.51. The summed E-state index contributed by atoms with van der Waals surface area (Å²) in [5.74, 6) is 0.611. The quantitative estimate of drug-likeness (QED) is 0.821. The van der Waals surface area contributed by atoms with E-state index in [2.05, 4.69) is 4.98 Å². The van der Waals surface area contributed by atoms with Crippen LogP contribution in [0, 0.1) is 0 Å². The summed E-state index contributed by atoms with van der Waals surface area (Å²) in [6.07, 6.45) is 3.38. The van der Waals surface area contributed by atoms with Crippen molar-refractivity contribution in [2.75, 3.05) is 0 Å². The van der Waals surface area contributed by atoms with E-state index in [-0.39, 0.29) is 12.3 Å². The fourth-order valence-corrected chi connectivity index (χ4v) is 1.23. The zero-order valence-corrected chi connectivity index (χ0v) is 7.84. The van der Waals surface area contributed by atoms with Crippen molar-refractivity contribution in [3.63, 3.8) is 0 Å². The lowest BCUT2D eigenvalue weighted by atomic mass is 10.3. The molecule has 0 fully saturated rings. The van der Waals surface area contributed by atoms with E-state index in [1.54, 1.807) is 12.3 Å². The third-order valence-corrected chi connectivity index (χ3v) is 1.83. The Labute approximate surface area is 85.3 Å². The number of hydrogen-bond acceptors (Lipinski definition) is 4. The molecule has 0 aliphatic rings. The standard InChI is InChI=1S/C10H9NO4/c12-10(13)5-9-11-6-8(15-9)4-7-2-1-3-14-7/h1-3,6H,4-5H2,(H,12,13). The number of nitrogens with zero attached hydrogens (tertiary/aromatic N) is 1. The number of rotatable bonds is 4. The number of oxazole rings is 1. The van der Waals surface area contributed by atoms with E-state index >= 15 is 0 Å². The van der Waals surface area contributed by atoms with Gasteiger partial charge in [0, 0.05) is 0 Å². The lowest BCUT2D eigenvalue weighted by Crippen LogP contribution is -1.99. The summed E-state index contributed by atoms with van der Waals surface area (Å²) in [7, 11) is 0. The molecule has 0 unspecified atom stereocenters. The molecule has 0 spiro atoms. The van der Waals surface area contributed by atoms with E-state index in [0.29, 0.717) is 12.2 Å². The van der Waals surface area contributed by atoms with E-state index in [9.17, 15) is 4.79 Å². The van der Waals surface area contributed by atoms with Crippen LogP contribution in [-0.4, -0.2) is 16.1 Å². The number of furan rings is 1. The van der Waals surface area contributed by atoms with Gasteiger partial charge < -0.3 is 13.9 Å². The van der Waals surface area contributed by atoms with Crippen LogP contribution in [0.5, 0.6) is 0 Å². The summed E-state index contributed by atoms with van der Waals surface area (Å²) >= 11 is 0. The van der Waals surface area contributed by atoms with Crippen molar-refractivity contribution in [3.8, 4) is 0 Å². The molecule has 0 atom stereocenters. The number of hydrogen-bond donors (Lipinski definition) is 1. The summed E-state index contributed by atoms with van der Waals surface area (Å²) in [6, 6.07) is 3.60. The first kappa shape index (κ1) is 9.51. The van der Waals surface area contributed by atoms with Crippen LogP contribution < -0.4 is 0 Å². The molecule has 15 heavy (non-hydrogen) atoms. The van der Waals surface area contributed by atoms with Gasteiger partial charge in [0.1, 0.15) is 17.9 Å². The van der Waals surface area contributed by atoms with E-state index < -0.39 is 5.97 Å². The monoisotopic (exact) mass is 207 g/mol. The van der Waals surface area contributed by atoms with Gasteiger partial charge in [0.15, 0.2) is 0 Å². The van der Waals surface area contributed by atoms with Crippen molar-refractivity contribution in [2.45, 2.75) is 12.8 Å². The first-order valence-corrected chi connectivity index (χ1v) is 4.42. The highest BCUT2D eigenvalue weighted by Gasteiger charge is 2.09. The molecule has 0 aliphatic heterocycles. The van der Waals surface area contributed by atoms with Crippen LogP contribution in [-0.2, 0) is 17.6 Å². The molecule has 5 nitrogen and oxygen atoms in total. The minimum absolute atomic E-state index is 0.196. The number of carboxylic acid groups (broad SMARTS) is 1. The minimum atomic E-state index is -0.957. The van der Waals surface area contributed by atoms with Crippen molar-refractivity contribution < 1.29 is 18.7 Å². The van der Waals surface area contributed by atoms with Gasteiger partial charge in [-0.3, -0.25) is 4.79 Å². The second kappa shape index (κ2) is 4.00. The normalized spacial score (nSPS) is 10.4. The van der Waals surface area contributed by atoms with Gasteiger partial charge >= 0.3 is 5.97 Å². The van der Waals surface area contributed by atoms with Crippen LogP contribution in [0.2, 0.25) is 0 Å². The van der Waals surface area contributed by atoms with Gasteiger partial charge in [-0.05, 0) is 12.1 Å². The molecular weight excluding hydrogens is 198 g/mol. The minimum Gasteiger partial charge on any atom is -0.481 e. The highest BCUT2D eigenvalue weighted by molar-refractivity contribution is 5.68. The molecule has 0 radical (unpaired) electrons. The Bertz CT molecular complexity index is 444. The lowest BCUT2D eigenvalue weighted by Gasteiger charge is -1.91. The third kappa shape index (κ3) is 2.46. The molecular formula is C10H9NO4. The second-order valence-corrected chi connectivity index (χ2v) is 3.05. The Morgan fingerprint density at radius 1 is 1.47 bits per heavy atom. The second-order valence-electron chi connectivity index (χ2n) is 3.05. The summed E-state index contributed by atoms with van der Waals surface area (Å²) in [4.78, 5) is 14.2. The van der Waals surface area contributed by atoms with E-state index in [1.165, 1.54) is 6.20 Å². The van der Waals surface area contributed by atoms with Crippen molar-refractivity contribution >= 4 is 5.97 Å². The summed E-state index contributed by atoms with van der Waals surface area (Å²) < 4.78 is 10.3. The molecule has 5 heteroatoms. The fourth-order valence-electron chi connectivity index (χ4n) is 1.23. The average Bonchev–Trinajstić information content (AvgIpc) is 2.77. The molecule has 2 heterocycles. The molecule has 0 amide bonds. The first-order chi connectivity index (χ1) is 7.24.